The van der Waals surface area contributed by atoms with Crippen molar-refractivity contribution >= 4 is 10.9 Å². The van der Waals surface area contributed by atoms with Crippen molar-refractivity contribution in [2.75, 3.05) is 6.54 Å². The maximum absolute atomic E-state index is 10.9. The Kier molecular flexibility index (Phi) is 2.74. The Morgan fingerprint density at radius 3 is 2.91 bits per heavy atom. The van der Waals surface area contributed by atoms with Gasteiger partial charge in [0.2, 0.25) is 0 Å². The predicted octanol–water partition coefficient (Wildman–Crippen LogP) is 3.38. The van der Waals surface area contributed by atoms with E-state index in [1.165, 1.54) is 35.9 Å². The number of aryl methyl sites for hydroxylation is 1. The number of benzene rings is 1. The highest BCUT2D eigenvalue weighted by Gasteiger charge is 2.35. The lowest BCUT2D eigenvalue weighted by atomic mass is 9.88. The van der Waals surface area contributed by atoms with Crippen molar-refractivity contribution < 1.29 is 5.11 Å². The van der Waals surface area contributed by atoms with E-state index < -0.39 is 5.60 Å². The molecule has 1 atom stereocenters. The van der Waals surface area contributed by atoms with Gasteiger partial charge in [-0.05, 0) is 55.4 Å². The van der Waals surface area contributed by atoms with Crippen LogP contribution in [-0.2, 0) is 18.6 Å². The van der Waals surface area contributed by atoms with Gasteiger partial charge < -0.3 is 15.0 Å². The summed E-state index contributed by atoms with van der Waals surface area (Å²) in [7, 11) is 0. The average Bonchev–Trinajstić information content (AvgIpc) is 3.13. The SMILES string of the molecule is OC1(c2ccc3c(c2)c2c4n3CCNC4CCC2)CCCC1. The van der Waals surface area contributed by atoms with Crippen LogP contribution in [0.4, 0.5) is 0 Å². The van der Waals surface area contributed by atoms with Crippen molar-refractivity contribution in [3.8, 4) is 0 Å². The van der Waals surface area contributed by atoms with Crippen molar-refractivity contribution in [2.45, 2.75) is 63.1 Å². The van der Waals surface area contributed by atoms with Gasteiger partial charge in [-0.3, -0.25) is 0 Å². The molecular weight excluding hydrogens is 272 g/mol. The summed E-state index contributed by atoms with van der Waals surface area (Å²) in [6, 6.07) is 7.30. The number of nitrogens with one attached hydrogen (secondary N) is 1. The van der Waals surface area contributed by atoms with Gasteiger partial charge in [0.1, 0.15) is 0 Å². The third-order valence-corrected chi connectivity index (χ3v) is 6.16. The normalized spacial score (nSPS) is 26.3. The Bertz CT molecular complexity index is 737. The van der Waals surface area contributed by atoms with Crippen molar-refractivity contribution in [2.24, 2.45) is 0 Å². The van der Waals surface area contributed by atoms with E-state index >= 15 is 0 Å². The van der Waals surface area contributed by atoms with E-state index in [2.05, 4.69) is 28.1 Å². The number of rotatable bonds is 1. The molecule has 1 aliphatic heterocycles. The zero-order chi connectivity index (χ0) is 14.7. The molecule has 0 bridgehead atoms. The lowest BCUT2D eigenvalue weighted by Crippen LogP contribution is -2.35. The fourth-order valence-corrected chi connectivity index (χ4v) is 5.05. The number of hydrogen-bond donors (Lipinski definition) is 2. The van der Waals surface area contributed by atoms with Crippen molar-refractivity contribution in [3.05, 3.63) is 35.0 Å². The van der Waals surface area contributed by atoms with Crippen molar-refractivity contribution in [1.82, 2.24) is 9.88 Å². The first-order chi connectivity index (χ1) is 10.8. The summed E-state index contributed by atoms with van der Waals surface area (Å²) in [5.41, 5.74) is 5.02. The maximum Gasteiger partial charge on any atom is 0.0896 e. The molecule has 1 aromatic heterocycles. The van der Waals surface area contributed by atoms with E-state index in [0.717, 1.165) is 44.3 Å². The van der Waals surface area contributed by atoms with E-state index in [1.807, 2.05) is 0 Å². The molecule has 0 radical (unpaired) electrons. The van der Waals surface area contributed by atoms with Crippen molar-refractivity contribution in [3.63, 3.8) is 0 Å². The van der Waals surface area contributed by atoms with Crippen LogP contribution in [0.5, 0.6) is 0 Å². The number of fused-ring (bicyclic) bond motifs is 3. The second kappa shape index (κ2) is 4.59. The molecule has 3 nitrogen and oxygen atoms in total. The van der Waals surface area contributed by atoms with Gasteiger partial charge in [0.05, 0.1) is 5.60 Å². The Hall–Kier alpha value is -1.32. The van der Waals surface area contributed by atoms with Gasteiger partial charge in [-0.25, -0.2) is 0 Å². The molecule has 3 aliphatic rings. The summed E-state index contributed by atoms with van der Waals surface area (Å²) in [5, 5.41) is 16.0. The Labute approximate surface area is 131 Å². The van der Waals surface area contributed by atoms with E-state index in [4.69, 9.17) is 0 Å². The van der Waals surface area contributed by atoms with Crippen LogP contribution in [0, 0.1) is 0 Å². The molecular formula is C19H24N2O. The Morgan fingerprint density at radius 2 is 2.05 bits per heavy atom. The minimum atomic E-state index is -0.574. The number of nitrogens with zero attached hydrogens (tertiary/aromatic N) is 1. The molecule has 0 amide bonds. The molecule has 1 unspecified atom stereocenters. The standard InChI is InChI=1S/C19H24N2O/c22-19(8-1-2-9-19)13-6-7-17-15(12-13)14-4-3-5-16-18(14)21(17)11-10-20-16/h6-7,12,16,20,22H,1-5,8-11H2. The van der Waals surface area contributed by atoms with Gasteiger partial charge in [-0.15, -0.1) is 0 Å². The molecule has 1 aromatic carbocycles. The number of hydrogen-bond acceptors (Lipinski definition) is 2. The third kappa shape index (κ3) is 1.70. The van der Waals surface area contributed by atoms with Crippen LogP contribution in [0.3, 0.4) is 0 Å². The zero-order valence-electron chi connectivity index (χ0n) is 13.1. The molecule has 22 heavy (non-hydrogen) atoms. The molecule has 2 heterocycles. The smallest absolute Gasteiger partial charge is 0.0896 e. The fraction of sp³-hybridized carbons (Fsp3) is 0.579. The van der Waals surface area contributed by atoms with Crippen LogP contribution in [0.2, 0.25) is 0 Å². The molecule has 2 aliphatic carbocycles. The molecule has 2 aromatic rings. The number of aliphatic hydroxyl groups is 1. The fourth-order valence-electron chi connectivity index (χ4n) is 5.05. The lowest BCUT2D eigenvalue weighted by molar-refractivity contribution is 0.0446. The molecule has 1 fully saturated rings. The van der Waals surface area contributed by atoms with E-state index in [1.54, 1.807) is 5.56 Å². The molecule has 116 valence electrons. The largest absolute Gasteiger partial charge is 0.385 e. The predicted molar refractivity (Wildman–Crippen MR) is 88.0 cm³/mol. The highest BCUT2D eigenvalue weighted by atomic mass is 16.3. The van der Waals surface area contributed by atoms with Gasteiger partial charge >= 0.3 is 0 Å². The van der Waals surface area contributed by atoms with Crippen LogP contribution in [0.25, 0.3) is 10.9 Å². The minimum absolute atomic E-state index is 0.544. The molecule has 2 N–H and O–H groups in total. The molecule has 0 saturated heterocycles. The lowest BCUT2D eigenvalue weighted by Gasteiger charge is -2.31. The first kappa shape index (κ1) is 13.1. The minimum Gasteiger partial charge on any atom is -0.385 e. The van der Waals surface area contributed by atoms with Gasteiger partial charge in [-0.1, -0.05) is 18.9 Å². The van der Waals surface area contributed by atoms with E-state index in [0.29, 0.717) is 6.04 Å². The number of aromatic nitrogens is 1. The van der Waals surface area contributed by atoms with Crippen molar-refractivity contribution in [1.29, 1.82) is 0 Å². The summed E-state index contributed by atoms with van der Waals surface area (Å²) >= 11 is 0. The maximum atomic E-state index is 10.9. The van der Waals surface area contributed by atoms with Crippen LogP contribution >= 0.6 is 0 Å². The summed E-state index contributed by atoms with van der Waals surface area (Å²) in [6.45, 7) is 2.15. The molecule has 0 spiro atoms. The van der Waals surface area contributed by atoms with E-state index in [9.17, 15) is 5.11 Å². The highest BCUT2D eigenvalue weighted by molar-refractivity contribution is 5.87. The Balaban J connectivity index is 1.73. The van der Waals surface area contributed by atoms with E-state index in [-0.39, 0.29) is 0 Å². The summed E-state index contributed by atoms with van der Waals surface area (Å²) in [4.78, 5) is 0. The van der Waals surface area contributed by atoms with Gasteiger partial charge in [0, 0.05) is 35.7 Å². The first-order valence-electron chi connectivity index (χ1n) is 8.87. The summed E-state index contributed by atoms with van der Waals surface area (Å²) in [6.07, 6.45) is 7.88. The van der Waals surface area contributed by atoms with Gasteiger partial charge in [-0.2, -0.15) is 0 Å². The van der Waals surface area contributed by atoms with Crippen LogP contribution in [-0.4, -0.2) is 16.2 Å². The Morgan fingerprint density at radius 1 is 1.18 bits per heavy atom. The second-order valence-electron chi connectivity index (χ2n) is 7.38. The van der Waals surface area contributed by atoms with Gasteiger partial charge in [0.15, 0.2) is 0 Å². The highest BCUT2D eigenvalue weighted by Crippen LogP contribution is 2.43. The zero-order valence-corrected chi connectivity index (χ0v) is 13.1. The molecule has 1 saturated carbocycles. The topological polar surface area (TPSA) is 37.2 Å². The second-order valence-corrected chi connectivity index (χ2v) is 7.38. The molecule has 3 heteroatoms. The monoisotopic (exact) mass is 296 g/mol. The molecule has 5 rings (SSSR count). The van der Waals surface area contributed by atoms with Gasteiger partial charge in [0.25, 0.3) is 0 Å². The van der Waals surface area contributed by atoms with Crippen LogP contribution < -0.4 is 5.32 Å². The quantitative estimate of drug-likeness (QED) is 0.846. The van der Waals surface area contributed by atoms with Crippen LogP contribution in [0.15, 0.2) is 18.2 Å². The third-order valence-electron chi connectivity index (χ3n) is 6.16. The summed E-state index contributed by atoms with van der Waals surface area (Å²) in [5.74, 6) is 0. The van der Waals surface area contributed by atoms with Crippen LogP contribution in [0.1, 0.15) is 61.4 Å². The average molecular weight is 296 g/mol. The summed E-state index contributed by atoms with van der Waals surface area (Å²) < 4.78 is 2.54. The first-order valence-corrected chi connectivity index (χ1v) is 8.87.